The van der Waals surface area contributed by atoms with Crippen LogP contribution >= 0.6 is 11.3 Å². The lowest BCUT2D eigenvalue weighted by molar-refractivity contribution is -0.136. The zero-order chi connectivity index (χ0) is 25.1. The number of benzene rings is 1. The number of carbonyl (C=O) groups is 2. The molecule has 1 saturated heterocycles. The van der Waals surface area contributed by atoms with Crippen molar-refractivity contribution in [2.24, 2.45) is 5.92 Å². The third-order valence-electron chi connectivity index (χ3n) is 7.04. The van der Waals surface area contributed by atoms with Gasteiger partial charge in [-0.2, -0.15) is 0 Å². The van der Waals surface area contributed by atoms with Crippen LogP contribution in [0.1, 0.15) is 31.2 Å². The lowest BCUT2D eigenvalue weighted by atomic mass is 9.90. The van der Waals surface area contributed by atoms with Crippen LogP contribution in [0.4, 0.5) is 0 Å². The Hall–Kier alpha value is -3.14. The normalized spacial score (nSPS) is 18.2. The Morgan fingerprint density at radius 3 is 2.81 bits per heavy atom. The summed E-state index contributed by atoms with van der Waals surface area (Å²) in [5.74, 6) is -0.215. The highest BCUT2D eigenvalue weighted by Gasteiger charge is 2.37. The van der Waals surface area contributed by atoms with Gasteiger partial charge in [-0.25, -0.2) is 4.98 Å². The third-order valence-corrected chi connectivity index (χ3v) is 7.91. The number of pyridine rings is 1. The van der Waals surface area contributed by atoms with Gasteiger partial charge >= 0.3 is 0 Å². The minimum Gasteiger partial charge on any atom is -0.381 e. The summed E-state index contributed by atoms with van der Waals surface area (Å²) in [6, 6.07) is 7.14. The molecule has 5 rings (SSSR count). The number of nitrogens with one attached hydrogen (secondary N) is 2. The smallest absolute Gasteiger partial charge is 0.249 e. The minimum atomic E-state index is -0.597. The summed E-state index contributed by atoms with van der Waals surface area (Å²) in [6.45, 7) is 3.57. The lowest BCUT2D eigenvalue weighted by Gasteiger charge is -2.33. The van der Waals surface area contributed by atoms with Gasteiger partial charge in [0.2, 0.25) is 11.8 Å². The van der Waals surface area contributed by atoms with Gasteiger partial charge in [0, 0.05) is 48.5 Å². The van der Waals surface area contributed by atoms with Gasteiger partial charge in [-0.3, -0.25) is 14.6 Å². The topological polar surface area (TPSA) is 96.5 Å². The first-order valence-electron chi connectivity index (χ1n) is 12.4. The van der Waals surface area contributed by atoms with Crippen molar-refractivity contribution in [1.29, 1.82) is 0 Å². The summed E-state index contributed by atoms with van der Waals surface area (Å²) in [5.41, 5.74) is 2.63. The fourth-order valence-electron chi connectivity index (χ4n) is 4.84. The van der Waals surface area contributed by atoms with Crippen molar-refractivity contribution in [3.05, 3.63) is 53.1 Å². The standard InChI is InChI=1S/C27H31N5O3S/c1-17(28-2)25(33)31-24(18-9-12-35-13-10-18)27(34)32-11-5-8-23(32)26-30-22(16-36-26)21-15-29-14-19-6-3-4-7-20(19)21/h3-4,6-8,14-18,24,28H,5,9-13H2,1-2H3,(H,31,33)/t17-,24-/m0/s1. The second-order valence-corrected chi connectivity index (χ2v) is 10.1. The van der Waals surface area contributed by atoms with Crippen LogP contribution in [0.5, 0.6) is 0 Å². The van der Waals surface area contributed by atoms with E-state index in [1.165, 1.54) is 11.3 Å². The average molecular weight is 506 g/mol. The highest BCUT2D eigenvalue weighted by molar-refractivity contribution is 7.11. The van der Waals surface area contributed by atoms with Gasteiger partial charge in [-0.1, -0.05) is 30.3 Å². The maximum atomic E-state index is 13.9. The molecule has 2 atom stereocenters. The van der Waals surface area contributed by atoms with Crippen molar-refractivity contribution in [3.63, 3.8) is 0 Å². The molecule has 2 amide bonds. The summed E-state index contributed by atoms with van der Waals surface area (Å²) in [7, 11) is 1.74. The van der Waals surface area contributed by atoms with Crippen LogP contribution in [-0.2, 0) is 14.3 Å². The minimum absolute atomic E-state index is 0.0368. The van der Waals surface area contributed by atoms with Gasteiger partial charge in [0.15, 0.2) is 0 Å². The fraction of sp³-hybridized carbons (Fsp3) is 0.407. The Bertz CT molecular complexity index is 1280. The number of hydrogen-bond donors (Lipinski definition) is 2. The Morgan fingerprint density at radius 1 is 1.19 bits per heavy atom. The molecular weight excluding hydrogens is 474 g/mol. The maximum absolute atomic E-state index is 13.9. The van der Waals surface area contributed by atoms with E-state index in [9.17, 15) is 9.59 Å². The number of aromatic nitrogens is 2. The van der Waals surface area contributed by atoms with E-state index in [1.54, 1.807) is 18.9 Å². The number of rotatable bonds is 7. The predicted octanol–water partition coefficient (Wildman–Crippen LogP) is 3.45. The van der Waals surface area contributed by atoms with Crippen molar-refractivity contribution >= 4 is 39.6 Å². The van der Waals surface area contributed by atoms with Crippen molar-refractivity contribution < 1.29 is 14.3 Å². The first kappa shape index (κ1) is 24.5. The molecule has 2 aliphatic rings. The number of hydrogen-bond acceptors (Lipinski definition) is 7. The first-order valence-corrected chi connectivity index (χ1v) is 13.3. The van der Waals surface area contributed by atoms with Crippen molar-refractivity contribution in [2.75, 3.05) is 26.8 Å². The summed E-state index contributed by atoms with van der Waals surface area (Å²) < 4.78 is 5.52. The summed E-state index contributed by atoms with van der Waals surface area (Å²) in [5, 5.41) is 11.0. The molecule has 0 radical (unpaired) electrons. The SMILES string of the molecule is CN[C@@H](C)C(=O)N[C@H](C(=O)N1CCC=C1c1nc(-c2cncc3ccccc23)cs1)C1CCOCC1. The van der Waals surface area contributed by atoms with Crippen LogP contribution in [0, 0.1) is 5.92 Å². The Morgan fingerprint density at radius 2 is 2.00 bits per heavy atom. The van der Waals surface area contributed by atoms with E-state index >= 15 is 0 Å². The van der Waals surface area contributed by atoms with Crippen molar-refractivity contribution in [1.82, 2.24) is 25.5 Å². The second-order valence-electron chi connectivity index (χ2n) is 9.26. The Labute approximate surface area is 214 Å². The van der Waals surface area contributed by atoms with Crippen LogP contribution in [0.2, 0.25) is 0 Å². The molecule has 188 valence electrons. The maximum Gasteiger partial charge on any atom is 0.249 e. The second kappa shape index (κ2) is 10.9. The van der Waals surface area contributed by atoms with Crippen molar-refractivity contribution in [2.45, 2.75) is 38.3 Å². The molecule has 0 unspecified atom stereocenters. The number of thiazole rings is 1. The zero-order valence-electron chi connectivity index (χ0n) is 20.6. The molecule has 2 N–H and O–H groups in total. The quantitative estimate of drug-likeness (QED) is 0.511. The number of likely N-dealkylation sites (N-methyl/N-ethyl adjacent to an activating group) is 1. The van der Waals surface area contributed by atoms with Crippen LogP contribution in [-0.4, -0.2) is 65.6 Å². The molecule has 0 aliphatic carbocycles. The highest BCUT2D eigenvalue weighted by atomic mass is 32.1. The number of carbonyl (C=O) groups excluding carboxylic acids is 2. The zero-order valence-corrected chi connectivity index (χ0v) is 21.4. The van der Waals surface area contributed by atoms with E-state index in [0.29, 0.717) is 19.8 Å². The molecule has 1 fully saturated rings. The van der Waals surface area contributed by atoms with Gasteiger partial charge in [0.1, 0.15) is 11.0 Å². The molecule has 2 aliphatic heterocycles. The molecule has 9 heteroatoms. The van der Waals surface area contributed by atoms with E-state index in [4.69, 9.17) is 9.72 Å². The molecule has 1 aromatic carbocycles. The largest absolute Gasteiger partial charge is 0.381 e. The molecule has 2 aromatic heterocycles. The van der Waals surface area contributed by atoms with E-state index < -0.39 is 6.04 Å². The van der Waals surface area contributed by atoms with Crippen LogP contribution < -0.4 is 10.6 Å². The molecule has 0 spiro atoms. The summed E-state index contributed by atoms with van der Waals surface area (Å²) >= 11 is 1.52. The van der Waals surface area contributed by atoms with Gasteiger partial charge < -0.3 is 20.3 Å². The highest BCUT2D eigenvalue weighted by Crippen LogP contribution is 2.34. The predicted molar refractivity (Wildman–Crippen MR) is 141 cm³/mol. The number of amides is 2. The molecule has 36 heavy (non-hydrogen) atoms. The fourth-order valence-corrected chi connectivity index (χ4v) is 5.70. The summed E-state index contributed by atoms with van der Waals surface area (Å²) in [4.78, 5) is 37.8. The van der Waals surface area contributed by atoms with Gasteiger partial charge in [-0.15, -0.1) is 11.3 Å². The Kier molecular flexibility index (Phi) is 7.41. The Balaban J connectivity index is 1.41. The lowest BCUT2D eigenvalue weighted by Crippen LogP contribution is -2.55. The first-order chi connectivity index (χ1) is 17.6. The molecule has 4 heterocycles. The number of nitrogens with zero attached hydrogens (tertiary/aromatic N) is 3. The molecule has 3 aromatic rings. The number of fused-ring (bicyclic) bond motifs is 1. The van der Waals surface area contributed by atoms with Gasteiger partial charge in [0.25, 0.3) is 0 Å². The monoisotopic (exact) mass is 505 g/mol. The van der Waals surface area contributed by atoms with Gasteiger partial charge in [0.05, 0.1) is 17.4 Å². The van der Waals surface area contributed by atoms with E-state index in [1.807, 2.05) is 36.0 Å². The van der Waals surface area contributed by atoms with Crippen LogP contribution in [0.15, 0.2) is 48.1 Å². The molecule has 0 bridgehead atoms. The molecule has 0 saturated carbocycles. The van der Waals surface area contributed by atoms with Crippen LogP contribution in [0.25, 0.3) is 27.7 Å². The third kappa shape index (κ3) is 4.91. The van der Waals surface area contributed by atoms with E-state index in [-0.39, 0.29) is 23.8 Å². The molecule has 8 nitrogen and oxygen atoms in total. The van der Waals surface area contributed by atoms with E-state index in [2.05, 4.69) is 27.8 Å². The van der Waals surface area contributed by atoms with Crippen LogP contribution in [0.3, 0.4) is 0 Å². The van der Waals surface area contributed by atoms with Gasteiger partial charge in [-0.05, 0) is 44.5 Å². The number of ether oxygens (including phenoxy) is 1. The molecular formula is C27H31N5O3S. The average Bonchev–Trinajstić information content (AvgIpc) is 3.61. The van der Waals surface area contributed by atoms with Crippen molar-refractivity contribution in [3.8, 4) is 11.3 Å². The summed E-state index contributed by atoms with van der Waals surface area (Å²) in [6.07, 6.45) is 8.01. The van der Waals surface area contributed by atoms with E-state index in [0.717, 1.165) is 52.0 Å².